The largest absolute Gasteiger partial charge is 0.493 e. The molecule has 1 aromatic heterocycles. The number of nitrogens with zero attached hydrogens (tertiary/aromatic N) is 2. The van der Waals surface area contributed by atoms with E-state index in [1.807, 2.05) is 29.0 Å². The number of aryl methyl sites for hydroxylation is 1. The average molecular weight is 324 g/mol. The minimum Gasteiger partial charge on any atom is -0.493 e. The molecule has 3 aromatic rings. The molecule has 124 valence electrons. The van der Waals surface area contributed by atoms with Crippen LogP contribution in [0.5, 0.6) is 17.2 Å². The molecule has 0 bridgehead atoms. The van der Waals surface area contributed by atoms with Crippen LogP contribution in [0.1, 0.15) is 5.56 Å². The molecule has 5 nitrogen and oxygen atoms in total. The third kappa shape index (κ3) is 2.80. The van der Waals surface area contributed by atoms with Gasteiger partial charge in [-0.25, -0.2) is 4.98 Å². The van der Waals surface area contributed by atoms with E-state index >= 15 is 0 Å². The minimum atomic E-state index is 0.567. The van der Waals surface area contributed by atoms with Gasteiger partial charge < -0.3 is 14.2 Å². The molecular weight excluding hydrogens is 304 g/mol. The molecule has 2 aromatic carbocycles. The van der Waals surface area contributed by atoms with Crippen molar-refractivity contribution in [2.24, 2.45) is 0 Å². The van der Waals surface area contributed by atoms with Crippen LogP contribution in [0.3, 0.4) is 0 Å². The summed E-state index contributed by atoms with van der Waals surface area (Å²) in [5, 5.41) is 0. The fraction of sp³-hybridized carbons (Fsp3) is 0.211. The second-order valence-electron chi connectivity index (χ2n) is 5.37. The van der Waals surface area contributed by atoms with Gasteiger partial charge in [-0.2, -0.15) is 0 Å². The molecule has 0 atom stereocenters. The maximum Gasteiger partial charge on any atom is 0.203 e. The number of benzene rings is 2. The third-order valence-corrected chi connectivity index (χ3v) is 3.84. The van der Waals surface area contributed by atoms with Crippen LogP contribution in [-0.4, -0.2) is 30.9 Å². The SMILES string of the molecule is COc1cc(-c2nccn2-c2cccc(C)c2)cc(OC)c1OC. The van der Waals surface area contributed by atoms with Gasteiger partial charge in [0.15, 0.2) is 11.5 Å². The van der Waals surface area contributed by atoms with E-state index in [-0.39, 0.29) is 0 Å². The van der Waals surface area contributed by atoms with Gasteiger partial charge in [0.2, 0.25) is 5.75 Å². The molecule has 0 fully saturated rings. The summed E-state index contributed by atoms with van der Waals surface area (Å²) >= 11 is 0. The van der Waals surface area contributed by atoms with Crippen LogP contribution in [0, 0.1) is 6.92 Å². The molecular formula is C19H20N2O3. The van der Waals surface area contributed by atoms with Crippen LogP contribution in [0.25, 0.3) is 17.1 Å². The van der Waals surface area contributed by atoms with E-state index in [1.54, 1.807) is 27.5 Å². The van der Waals surface area contributed by atoms with Gasteiger partial charge in [-0.3, -0.25) is 4.57 Å². The normalized spacial score (nSPS) is 10.5. The number of rotatable bonds is 5. The number of methoxy groups -OCH3 is 3. The van der Waals surface area contributed by atoms with Crippen LogP contribution in [0.4, 0.5) is 0 Å². The Labute approximate surface area is 141 Å². The van der Waals surface area contributed by atoms with Crippen molar-refractivity contribution < 1.29 is 14.2 Å². The van der Waals surface area contributed by atoms with Gasteiger partial charge in [-0.05, 0) is 36.8 Å². The van der Waals surface area contributed by atoms with Crippen LogP contribution >= 0.6 is 0 Å². The molecule has 0 saturated heterocycles. The summed E-state index contributed by atoms with van der Waals surface area (Å²) in [5.41, 5.74) is 3.13. The number of ether oxygens (including phenoxy) is 3. The minimum absolute atomic E-state index is 0.567. The first-order valence-electron chi connectivity index (χ1n) is 7.58. The monoisotopic (exact) mass is 324 g/mol. The molecule has 0 aliphatic heterocycles. The van der Waals surface area contributed by atoms with Crippen molar-refractivity contribution in [3.63, 3.8) is 0 Å². The van der Waals surface area contributed by atoms with Crippen LogP contribution in [0.15, 0.2) is 48.8 Å². The highest BCUT2D eigenvalue weighted by Crippen LogP contribution is 2.41. The van der Waals surface area contributed by atoms with E-state index in [9.17, 15) is 0 Å². The Morgan fingerprint density at radius 2 is 1.62 bits per heavy atom. The van der Waals surface area contributed by atoms with Gasteiger partial charge in [0, 0.05) is 23.6 Å². The molecule has 0 N–H and O–H groups in total. The Balaban J connectivity index is 2.16. The van der Waals surface area contributed by atoms with Gasteiger partial charge in [0.25, 0.3) is 0 Å². The molecule has 0 radical (unpaired) electrons. The topological polar surface area (TPSA) is 45.5 Å². The van der Waals surface area contributed by atoms with E-state index < -0.39 is 0 Å². The smallest absolute Gasteiger partial charge is 0.203 e. The van der Waals surface area contributed by atoms with E-state index in [0.717, 1.165) is 17.1 Å². The fourth-order valence-corrected chi connectivity index (χ4v) is 2.71. The Morgan fingerprint density at radius 1 is 0.917 bits per heavy atom. The maximum atomic E-state index is 5.44. The molecule has 0 amide bonds. The highest BCUT2D eigenvalue weighted by atomic mass is 16.5. The predicted molar refractivity (Wildman–Crippen MR) is 93.4 cm³/mol. The summed E-state index contributed by atoms with van der Waals surface area (Å²) in [6.45, 7) is 2.07. The summed E-state index contributed by atoms with van der Waals surface area (Å²) in [4.78, 5) is 4.51. The first kappa shape index (κ1) is 15.9. The van der Waals surface area contributed by atoms with Crippen molar-refractivity contribution in [3.05, 3.63) is 54.4 Å². The molecule has 0 spiro atoms. The molecule has 0 aliphatic rings. The molecule has 3 rings (SSSR count). The highest BCUT2D eigenvalue weighted by Gasteiger charge is 2.17. The van der Waals surface area contributed by atoms with Gasteiger partial charge in [-0.15, -0.1) is 0 Å². The third-order valence-electron chi connectivity index (χ3n) is 3.84. The van der Waals surface area contributed by atoms with Crippen molar-refractivity contribution >= 4 is 0 Å². The van der Waals surface area contributed by atoms with Gasteiger partial charge in [-0.1, -0.05) is 12.1 Å². The zero-order chi connectivity index (χ0) is 17.1. The van der Waals surface area contributed by atoms with Crippen LogP contribution < -0.4 is 14.2 Å². The zero-order valence-corrected chi connectivity index (χ0v) is 14.2. The highest BCUT2D eigenvalue weighted by molar-refractivity contribution is 5.68. The number of hydrogen-bond donors (Lipinski definition) is 0. The molecule has 24 heavy (non-hydrogen) atoms. The summed E-state index contributed by atoms with van der Waals surface area (Å²) in [6.07, 6.45) is 3.72. The summed E-state index contributed by atoms with van der Waals surface area (Å²) in [5.74, 6) is 2.58. The van der Waals surface area contributed by atoms with Crippen LogP contribution in [-0.2, 0) is 0 Å². The predicted octanol–water partition coefficient (Wildman–Crippen LogP) is 3.87. The molecule has 0 aliphatic carbocycles. The molecule has 1 heterocycles. The van der Waals surface area contributed by atoms with Crippen molar-refractivity contribution in [2.75, 3.05) is 21.3 Å². The second-order valence-corrected chi connectivity index (χ2v) is 5.37. The van der Waals surface area contributed by atoms with Crippen molar-refractivity contribution in [1.82, 2.24) is 9.55 Å². The first-order valence-corrected chi connectivity index (χ1v) is 7.58. The van der Waals surface area contributed by atoms with E-state index in [2.05, 4.69) is 30.1 Å². The standard InChI is InChI=1S/C19H20N2O3/c1-13-6-5-7-15(10-13)21-9-8-20-19(21)14-11-16(22-2)18(24-4)17(12-14)23-3/h5-12H,1-4H3. The van der Waals surface area contributed by atoms with Crippen molar-refractivity contribution in [3.8, 4) is 34.3 Å². The summed E-state index contributed by atoms with van der Waals surface area (Å²) < 4.78 is 18.3. The Kier molecular flexibility index (Phi) is 4.42. The lowest BCUT2D eigenvalue weighted by Gasteiger charge is -2.15. The van der Waals surface area contributed by atoms with Crippen LogP contribution in [0.2, 0.25) is 0 Å². The maximum absolute atomic E-state index is 5.44. The van der Waals surface area contributed by atoms with Gasteiger partial charge in [0.1, 0.15) is 5.82 Å². The Hall–Kier alpha value is -2.95. The lowest BCUT2D eigenvalue weighted by Crippen LogP contribution is -1.99. The first-order chi connectivity index (χ1) is 11.7. The Bertz CT molecular complexity index is 830. The van der Waals surface area contributed by atoms with Gasteiger partial charge in [0.05, 0.1) is 21.3 Å². The number of imidazole rings is 1. The molecule has 0 unspecified atom stereocenters. The lowest BCUT2D eigenvalue weighted by molar-refractivity contribution is 0.324. The molecule has 5 heteroatoms. The average Bonchev–Trinajstić information content (AvgIpc) is 3.10. The lowest BCUT2D eigenvalue weighted by atomic mass is 10.1. The summed E-state index contributed by atoms with van der Waals surface area (Å²) in [7, 11) is 4.80. The van der Waals surface area contributed by atoms with Gasteiger partial charge >= 0.3 is 0 Å². The second kappa shape index (κ2) is 6.66. The fourth-order valence-electron chi connectivity index (χ4n) is 2.71. The number of aromatic nitrogens is 2. The van der Waals surface area contributed by atoms with Crippen molar-refractivity contribution in [2.45, 2.75) is 6.92 Å². The summed E-state index contributed by atoms with van der Waals surface area (Å²) in [6, 6.07) is 12.1. The van der Waals surface area contributed by atoms with E-state index in [4.69, 9.17) is 14.2 Å². The van der Waals surface area contributed by atoms with E-state index in [1.165, 1.54) is 5.56 Å². The van der Waals surface area contributed by atoms with Crippen molar-refractivity contribution in [1.29, 1.82) is 0 Å². The quantitative estimate of drug-likeness (QED) is 0.714. The van der Waals surface area contributed by atoms with E-state index in [0.29, 0.717) is 17.2 Å². The number of hydrogen-bond acceptors (Lipinski definition) is 4. The zero-order valence-electron chi connectivity index (χ0n) is 14.2. The Morgan fingerprint density at radius 3 is 2.21 bits per heavy atom. The molecule has 0 saturated carbocycles.